The Bertz CT molecular complexity index is 1440. The fraction of sp³-hybridized carbons (Fsp3) is 0.310. The van der Waals surface area contributed by atoms with E-state index >= 15 is 0 Å². The number of nitrogens with zero attached hydrogens (tertiary/aromatic N) is 2. The van der Waals surface area contributed by atoms with Crippen LogP contribution in [0.3, 0.4) is 0 Å². The predicted octanol–water partition coefficient (Wildman–Crippen LogP) is 6.56. The second-order valence-electron chi connectivity index (χ2n) is 10.2. The van der Waals surface area contributed by atoms with Crippen molar-refractivity contribution >= 4 is 62.3 Å². The molecule has 3 aromatic rings. The molecule has 0 aliphatic rings. The molecular formula is C29H32Cl3N3O4S. The van der Waals surface area contributed by atoms with E-state index in [4.69, 9.17) is 34.8 Å². The van der Waals surface area contributed by atoms with E-state index < -0.39 is 34.1 Å². The quantitative estimate of drug-likeness (QED) is 0.277. The van der Waals surface area contributed by atoms with Gasteiger partial charge in [0.25, 0.3) is 10.0 Å². The van der Waals surface area contributed by atoms with E-state index in [0.29, 0.717) is 11.4 Å². The van der Waals surface area contributed by atoms with Crippen LogP contribution in [0.5, 0.6) is 0 Å². The number of sulfonamides is 1. The van der Waals surface area contributed by atoms with Gasteiger partial charge in [-0.2, -0.15) is 0 Å². The molecule has 0 saturated heterocycles. The molecule has 0 aromatic heterocycles. The number of anilines is 1. The first kappa shape index (κ1) is 31.7. The highest BCUT2D eigenvalue weighted by Crippen LogP contribution is 2.35. The fourth-order valence-electron chi connectivity index (χ4n) is 4.08. The number of carbonyl (C=O) groups excluding carboxylic acids is 2. The number of amides is 2. The molecule has 0 aliphatic carbocycles. The summed E-state index contributed by atoms with van der Waals surface area (Å²) >= 11 is 18.8. The minimum absolute atomic E-state index is 0.0155. The van der Waals surface area contributed by atoms with Gasteiger partial charge in [-0.1, -0.05) is 78.1 Å². The van der Waals surface area contributed by atoms with Crippen LogP contribution in [0.2, 0.25) is 15.1 Å². The molecule has 0 heterocycles. The van der Waals surface area contributed by atoms with Gasteiger partial charge in [0.05, 0.1) is 20.6 Å². The number of nitrogens with one attached hydrogen (secondary N) is 1. The van der Waals surface area contributed by atoms with Crippen molar-refractivity contribution in [3.05, 3.63) is 93.4 Å². The van der Waals surface area contributed by atoms with Crippen LogP contribution in [0.15, 0.2) is 77.7 Å². The smallest absolute Gasteiger partial charge is 0.264 e. The summed E-state index contributed by atoms with van der Waals surface area (Å²) in [6.45, 7) is 6.76. The summed E-state index contributed by atoms with van der Waals surface area (Å²) in [6.07, 6.45) is 0.296. The first-order valence-corrected chi connectivity index (χ1v) is 15.2. The van der Waals surface area contributed by atoms with Gasteiger partial charge in [0, 0.05) is 17.1 Å². The Morgan fingerprint density at radius 3 is 2.10 bits per heavy atom. The lowest BCUT2D eigenvalue weighted by Gasteiger charge is -2.35. The van der Waals surface area contributed by atoms with Crippen LogP contribution >= 0.6 is 34.8 Å². The van der Waals surface area contributed by atoms with Crippen LogP contribution < -0.4 is 9.62 Å². The number of benzene rings is 3. The zero-order chi connectivity index (χ0) is 29.7. The van der Waals surface area contributed by atoms with Crippen molar-refractivity contribution in [2.24, 2.45) is 0 Å². The molecule has 0 bridgehead atoms. The average molecular weight is 625 g/mol. The SMILES string of the molecule is CC[C@H](C(=O)NC(C)(C)C)N(Cc1ccc(Cl)cc1)C(=O)CN(c1cccc(Cl)c1Cl)S(=O)(=O)c1ccccc1. The van der Waals surface area contributed by atoms with E-state index in [9.17, 15) is 18.0 Å². The van der Waals surface area contributed by atoms with Crippen LogP contribution in [0, 0.1) is 0 Å². The maximum atomic E-state index is 14.1. The Balaban J connectivity index is 2.10. The molecular weight excluding hydrogens is 593 g/mol. The Morgan fingerprint density at radius 2 is 1.52 bits per heavy atom. The van der Waals surface area contributed by atoms with Crippen LogP contribution in [-0.4, -0.2) is 43.3 Å². The van der Waals surface area contributed by atoms with Crippen molar-refractivity contribution in [3.63, 3.8) is 0 Å². The van der Waals surface area contributed by atoms with Gasteiger partial charge >= 0.3 is 0 Å². The van der Waals surface area contributed by atoms with E-state index in [0.717, 1.165) is 9.87 Å². The highest BCUT2D eigenvalue weighted by atomic mass is 35.5. The average Bonchev–Trinajstić information content (AvgIpc) is 2.89. The summed E-state index contributed by atoms with van der Waals surface area (Å²) in [4.78, 5) is 28.8. The Morgan fingerprint density at radius 1 is 0.900 bits per heavy atom. The molecule has 0 unspecified atom stereocenters. The predicted molar refractivity (Wildman–Crippen MR) is 161 cm³/mol. The van der Waals surface area contributed by atoms with E-state index in [1.165, 1.54) is 29.2 Å². The molecule has 0 aliphatic heterocycles. The van der Waals surface area contributed by atoms with Crippen molar-refractivity contribution in [2.45, 2.75) is 57.1 Å². The molecule has 0 spiro atoms. The largest absolute Gasteiger partial charge is 0.350 e. The third kappa shape index (κ3) is 7.91. The molecule has 0 fully saturated rings. The standard InChI is InChI=1S/C29H32Cl3N3O4S/c1-5-24(28(37)33-29(2,3)4)34(18-20-14-16-21(30)17-15-20)26(36)19-35(25-13-9-12-23(31)27(25)32)40(38,39)22-10-7-6-8-11-22/h6-17,24H,5,18-19H2,1-4H3,(H,33,37)/t24-/m1/s1. The lowest BCUT2D eigenvalue weighted by molar-refractivity contribution is -0.141. The summed E-state index contributed by atoms with van der Waals surface area (Å²) in [5, 5.41) is 3.57. The minimum Gasteiger partial charge on any atom is -0.350 e. The molecule has 3 rings (SSSR count). The van der Waals surface area contributed by atoms with E-state index in [-0.39, 0.29) is 33.1 Å². The van der Waals surface area contributed by atoms with Gasteiger partial charge in [-0.25, -0.2) is 8.42 Å². The highest BCUT2D eigenvalue weighted by molar-refractivity contribution is 7.92. The molecule has 7 nitrogen and oxygen atoms in total. The van der Waals surface area contributed by atoms with Gasteiger partial charge < -0.3 is 10.2 Å². The zero-order valence-electron chi connectivity index (χ0n) is 22.7. The summed E-state index contributed by atoms with van der Waals surface area (Å²) in [6, 6.07) is 18.3. The minimum atomic E-state index is -4.26. The normalized spacial score (nSPS) is 12.5. The maximum Gasteiger partial charge on any atom is 0.264 e. The summed E-state index contributed by atoms with van der Waals surface area (Å²) in [7, 11) is -4.26. The number of rotatable bonds is 10. The Labute approximate surface area is 251 Å². The molecule has 3 aromatic carbocycles. The second-order valence-corrected chi connectivity index (χ2v) is 13.3. The maximum absolute atomic E-state index is 14.1. The summed E-state index contributed by atoms with van der Waals surface area (Å²) < 4.78 is 28.7. The number of hydrogen-bond acceptors (Lipinski definition) is 4. The van der Waals surface area contributed by atoms with Crippen molar-refractivity contribution in [3.8, 4) is 0 Å². The van der Waals surface area contributed by atoms with Gasteiger partial charge in [-0.05, 0) is 69.2 Å². The lowest BCUT2D eigenvalue weighted by atomic mass is 10.1. The molecule has 0 saturated carbocycles. The van der Waals surface area contributed by atoms with Crippen molar-refractivity contribution < 1.29 is 18.0 Å². The number of hydrogen-bond donors (Lipinski definition) is 1. The van der Waals surface area contributed by atoms with Gasteiger partial charge in [0.1, 0.15) is 12.6 Å². The van der Waals surface area contributed by atoms with E-state index in [1.807, 2.05) is 20.8 Å². The monoisotopic (exact) mass is 623 g/mol. The van der Waals surface area contributed by atoms with Gasteiger partial charge in [0.15, 0.2) is 0 Å². The first-order valence-electron chi connectivity index (χ1n) is 12.6. The number of carbonyl (C=O) groups is 2. The van der Waals surface area contributed by atoms with Crippen LogP contribution in [0.4, 0.5) is 5.69 Å². The van der Waals surface area contributed by atoms with Crippen LogP contribution in [0.25, 0.3) is 0 Å². The van der Waals surface area contributed by atoms with Crippen molar-refractivity contribution in [1.29, 1.82) is 0 Å². The lowest BCUT2D eigenvalue weighted by Crippen LogP contribution is -2.55. The molecule has 1 N–H and O–H groups in total. The van der Waals surface area contributed by atoms with Gasteiger partial charge in [-0.15, -0.1) is 0 Å². The Kier molecular flexibility index (Phi) is 10.5. The highest BCUT2D eigenvalue weighted by Gasteiger charge is 2.35. The molecule has 0 radical (unpaired) electrons. The van der Waals surface area contributed by atoms with Gasteiger partial charge in [0.2, 0.25) is 11.8 Å². The first-order chi connectivity index (χ1) is 18.7. The Hall–Kier alpha value is -2.78. The molecule has 11 heteroatoms. The van der Waals surface area contributed by atoms with Crippen molar-refractivity contribution in [1.82, 2.24) is 10.2 Å². The van der Waals surface area contributed by atoms with E-state index in [2.05, 4.69) is 5.32 Å². The summed E-state index contributed by atoms with van der Waals surface area (Å²) in [5.41, 5.74) is 0.222. The molecule has 1 atom stereocenters. The third-order valence-corrected chi connectivity index (χ3v) is 8.80. The second kappa shape index (κ2) is 13.3. The topological polar surface area (TPSA) is 86.8 Å². The molecule has 40 heavy (non-hydrogen) atoms. The summed E-state index contributed by atoms with van der Waals surface area (Å²) in [5.74, 6) is -0.947. The fourth-order valence-corrected chi connectivity index (χ4v) is 6.10. The van der Waals surface area contributed by atoms with Crippen LogP contribution in [-0.2, 0) is 26.2 Å². The van der Waals surface area contributed by atoms with E-state index in [1.54, 1.807) is 55.5 Å². The number of halogens is 3. The molecule has 2 amide bonds. The van der Waals surface area contributed by atoms with Crippen molar-refractivity contribution in [2.75, 3.05) is 10.8 Å². The van der Waals surface area contributed by atoms with Gasteiger partial charge in [-0.3, -0.25) is 13.9 Å². The molecule has 214 valence electrons. The van der Waals surface area contributed by atoms with Crippen LogP contribution in [0.1, 0.15) is 39.7 Å². The zero-order valence-corrected chi connectivity index (χ0v) is 25.8. The third-order valence-electron chi connectivity index (χ3n) is 5.96.